The smallest absolute Gasteiger partial charge is 0.264 e. The quantitative estimate of drug-likeness (QED) is 0.254. The zero-order chi connectivity index (χ0) is 34.5. The second-order valence-electron chi connectivity index (χ2n) is 14.5. The van der Waals surface area contributed by atoms with Crippen LogP contribution in [0.2, 0.25) is 0 Å². The molecule has 1 atom stereocenters. The number of nitrogens with zero attached hydrogens (tertiary/aromatic N) is 6. The Kier molecular flexibility index (Phi) is 8.54. The maximum Gasteiger partial charge on any atom is 0.264 e. The number of aryl methyl sites for hydroxylation is 2. The van der Waals surface area contributed by atoms with E-state index >= 15 is 0 Å². The molecule has 2 aromatic heterocycles. The molecule has 3 aliphatic rings. The SMILES string of the molecule is Cc1cccc(C)c1-c1cc2nc(n1)NS(=O)(=O)c1cccc(c1)C(=O)N(Cc1cncc(N(C)C3CCC3)n1)[C@H](C1CC(C)(C)C1)CO2. The van der Waals surface area contributed by atoms with Crippen molar-refractivity contribution in [1.29, 1.82) is 0 Å². The number of anilines is 2. The van der Waals surface area contributed by atoms with Gasteiger partial charge < -0.3 is 14.5 Å². The van der Waals surface area contributed by atoms with Crippen LogP contribution in [0.1, 0.15) is 73.1 Å². The summed E-state index contributed by atoms with van der Waals surface area (Å²) in [5.74, 6) is 0.721. The van der Waals surface area contributed by atoms with Crippen molar-refractivity contribution in [2.24, 2.45) is 11.3 Å². The molecule has 0 saturated heterocycles. The number of ether oxygens (including phenoxy) is 1. The molecule has 2 saturated carbocycles. The summed E-state index contributed by atoms with van der Waals surface area (Å²) >= 11 is 0. The minimum Gasteiger partial charge on any atom is -0.475 e. The van der Waals surface area contributed by atoms with Gasteiger partial charge in [-0.15, -0.1) is 0 Å². The molecule has 0 unspecified atom stereocenters. The number of rotatable bonds is 6. The molecule has 11 nitrogen and oxygen atoms in total. The summed E-state index contributed by atoms with van der Waals surface area (Å²) in [6, 6.07) is 13.9. The van der Waals surface area contributed by atoms with Gasteiger partial charge in [-0.25, -0.2) is 23.1 Å². The van der Waals surface area contributed by atoms with Gasteiger partial charge in [0.1, 0.15) is 12.4 Å². The van der Waals surface area contributed by atoms with Gasteiger partial charge in [-0.3, -0.25) is 9.78 Å². The zero-order valence-electron chi connectivity index (χ0n) is 28.7. The topological polar surface area (TPSA) is 131 Å². The van der Waals surface area contributed by atoms with Crippen molar-refractivity contribution in [3.05, 3.63) is 83.3 Å². The van der Waals surface area contributed by atoms with Gasteiger partial charge in [0.15, 0.2) is 0 Å². The maximum absolute atomic E-state index is 14.6. The molecule has 4 aromatic rings. The Morgan fingerprint density at radius 2 is 1.73 bits per heavy atom. The molecule has 0 spiro atoms. The Labute approximate surface area is 288 Å². The van der Waals surface area contributed by atoms with E-state index in [0.717, 1.165) is 48.2 Å². The highest BCUT2D eigenvalue weighted by molar-refractivity contribution is 7.92. The number of aromatic nitrogens is 4. The molecule has 256 valence electrons. The van der Waals surface area contributed by atoms with Crippen LogP contribution in [0.25, 0.3) is 11.3 Å². The summed E-state index contributed by atoms with van der Waals surface area (Å²) in [4.78, 5) is 37.1. The molecule has 7 rings (SSSR count). The average molecular weight is 682 g/mol. The molecule has 1 aliphatic heterocycles. The number of carbonyl (C=O) groups excluding carboxylic acids is 1. The number of benzene rings is 2. The first kappa shape index (κ1) is 32.9. The van der Waals surface area contributed by atoms with E-state index in [9.17, 15) is 13.2 Å². The average Bonchev–Trinajstić information content (AvgIpc) is 3.02. The van der Waals surface area contributed by atoms with E-state index in [-0.39, 0.29) is 58.7 Å². The lowest BCUT2D eigenvalue weighted by atomic mass is 9.62. The number of amides is 1. The van der Waals surface area contributed by atoms with Crippen molar-refractivity contribution < 1.29 is 17.9 Å². The summed E-state index contributed by atoms with van der Waals surface area (Å²) in [5.41, 5.74) is 4.42. The number of carbonyl (C=O) groups is 1. The highest BCUT2D eigenvalue weighted by Crippen LogP contribution is 2.48. The first-order valence-corrected chi connectivity index (χ1v) is 18.4. The minimum atomic E-state index is -4.17. The molecule has 12 heteroatoms. The fourth-order valence-corrected chi connectivity index (χ4v) is 8.42. The maximum atomic E-state index is 14.6. The van der Waals surface area contributed by atoms with Crippen LogP contribution >= 0.6 is 0 Å². The van der Waals surface area contributed by atoms with Gasteiger partial charge >= 0.3 is 0 Å². The summed E-state index contributed by atoms with van der Waals surface area (Å²) in [6.45, 7) is 8.77. The largest absolute Gasteiger partial charge is 0.475 e. The van der Waals surface area contributed by atoms with E-state index in [2.05, 4.69) is 38.4 Å². The Hall–Kier alpha value is -4.58. The van der Waals surface area contributed by atoms with Crippen molar-refractivity contribution in [2.45, 2.75) is 83.3 Å². The summed E-state index contributed by atoms with van der Waals surface area (Å²) in [5, 5.41) is 0. The van der Waals surface area contributed by atoms with E-state index in [1.807, 2.05) is 39.1 Å². The molecular formula is C37H43N7O4S. The molecule has 0 radical (unpaired) electrons. The molecule has 1 amide bonds. The van der Waals surface area contributed by atoms with Gasteiger partial charge in [-0.2, -0.15) is 4.98 Å². The van der Waals surface area contributed by atoms with Crippen LogP contribution < -0.4 is 14.4 Å². The Bertz CT molecular complexity index is 1990. The molecular weight excluding hydrogens is 639 g/mol. The normalized spacial score (nSPS) is 20.4. The third kappa shape index (κ3) is 6.70. The Balaban J connectivity index is 1.33. The lowest BCUT2D eigenvalue weighted by Crippen LogP contribution is -2.53. The van der Waals surface area contributed by atoms with Gasteiger partial charge in [0.2, 0.25) is 11.8 Å². The van der Waals surface area contributed by atoms with Crippen LogP contribution in [0.15, 0.2) is 65.8 Å². The molecule has 2 aliphatic carbocycles. The zero-order valence-corrected chi connectivity index (χ0v) is 29.5. The number of nitrogens with one attached hydrogen (secondary N) is 1. The number of hydrogen-bond donors (Lipinski definition) is 1. The van der Waals surface area contributed by atoms with Gasteiger partial charge in [0.05, 0.1) is 41.3 Å². The lowest BCUT2D eigenvalue weighted by Gasteiger charge is -2.49. The first-order valence-electron chi connectivity index (χ1n) is 16.9. The molecule has 1 N–H and O–H groups in total. The fourth-order valence-electron chi connectivity index (χ4n) is 7.43. The Morgan fingerprint density at radius 3 is 2.43 bits per heavy atom. The van der Waals surface area contributed by atoms with Crippen molar-refractivity contribution in [3.8, 4) is 17.1 Å². The first-order chi connectivity index (χ1) is 23.4. The number of hydrogen-bond acceptors (Lipinski definition) is 9. The fraction of sp³-hybridized carbons (Fsp3) is 0.432. The molecule has 49 heavy (non-hydrogen) atoms. The van der Waals surface area contributed by atoms with E-state index in [1.165, 1.54) is 18.6 Å². The van der Waals surface area contributed by atoms with Crippen LogP contribution in [0.4, 0.5) is 11.8 Å². The number of sulfonamides is 1. The second-order valence-corrected chi connectivity index (χ2v) is 16.2. The molecule has 3 heterocycles. The van der Waals surface area contributed by atoms with Crippen molar-refractivity contribution in [2.75, 3.05) is 23.3 Å². The lowest BCUT2D eigenvalue weighted by molar-refractivity contribution is -0.00721. The standard InChI is InChI=1S/C37H43N7O4S/c1-23-9-6-10-24(2)34(23)30-16-33-41-36(40-30)42-49(46,47)29-14-7-11-25(15-29)35(45)44(31(22-48-33)26-17-37(3,4)18-26)21-27-19-38-20-32(39-27)43(5)28-12-8-13-28/h6-7,9-11,14-16,19-20,26,28,31H,8,12-13,17-18,21-22H2,1-5H3,(H,40,41,42)/t31-/m0/s1. The van der Waals surface area contributed by atoms with Gasteiger partial charge in [0, 0.05) is 30.3 Å². The highest BCUT2D eigenvalue weighted by atomic mass is 32.2. The van der Waals surface area contributed by atoms with Gasteiger partial charge in [-0.1, -0.05) is 38.1 Å². The molecule has 2 aromatic carbocycles. The van der Waals surface area contributed by atoms with E-state index < -0.39 is 10.0 Å². The van der Waals surface area contributed by atoms with E-state index in [4.69, 9.17) is 9.72 Å². The van der Waals surface area contributed by atoms with Crippen LogP contribution in [-0.2, 0) is 16.6 Å². The predicted octanol–water partition coefficient (Wildman–Crippen LogP) is 6.18. The van der Waals surface area contributed by atoms with Crippen LogP contribution in [-0.4, -0.2) is 64.9 Å². The third-order valence-electron chi connectivity index (χ3n) is 10.3. The van der Waals surface area contributed by atoms with Crippen molar-refractivity contribution in [3.63, 3.8) is 0 Å². The number of fused-ring (bicyclic) bond motifs is 4. The summed E-state index contributed by atoms with van der Waals surface area (Å²) < 4.78 is 36.5. The predicted molar refractivity (Wildman–Crippen MR) is 188 cm³/mol. The van der Waals surface area contributed by atoms with Crippen molar-refractivity contribution in [1.82, 2.24) is 24.8 Å². The summed E-state index contributed by atoms with van der Waals surface area (Å²) in [7, 11) is -2.13. The van der Waals surface area contributed by atoms with Crippen LogP contribution in [0, 0.1) is 25.2 Å². The second kappa shape index (κ2) is 12.7. The van der Waals surface area contributed by atoms with Gasteiger partial charge in [-0.05, 0) is 86.6 Å². The summed E-state index contributed by atoms with van der Waals surface area (Å²) in [6.07, 6.45) is 8.71. The Morgan fingerprint density at radius 1 is 1.00 bits per heavy atom. The van der Waals surface area contributed by atoms with Crippen LogP contribution in [0.3, 0.4) is 0 Å². The van der Waals surface area contributed by atoms with Crippen molar-refractivity contribution >= 4 is 27.7 Å². The third-order valence-corrected chi connectivity index (χ3v) is 11.6. The van der Waals surface area contributed by atoms with E-state index in [0.29, 0.717) is 17.4 Å². The molecule has 2 fully saturated rings. The monoisotopic (exact) mass is 681 g/mol. The van der Waals surface area contributed by atoms with Crippen LogP contribution in [0.5, 0.6) is 5.88 Å². The van der Waals surface area contributed by atoms with Gasteiger partial charge in [0.25, 0.3) is 15.9 Å². The van der Waals surface area contributed by atoms with E-state index in [1.54, 1.807) is 35.5 Å². The minimum absolute atomic E-state index is 0.0636. The highest BCUT2D eigenvalue weighted by Gasteiger charge is 2.44. The molecule has 4 bridgehead atoms.